The maximum atomic E-state index is 12.9. The van der Waals surface area contributed by atoms with Gasteiger partial charge in [0.05, 0.1) is 18.2 Å². The normalized spacial score (nSPS) is 15.7. The van der Waals surface area contributed by atoms with Gasteiger partial charge in [0.15, 0.2) is 0 Å². The molecule has 178 valence electrons. The number of benzene rings is 2. The molecule has 6 nitrogen and oxygen atoms in total. The number of alkyl halides is 3. The van der Waals surface area contributed by atoms with Gasteiger partial charge in [-0.15, -0.1) is 0 Å². The van der Waals surface area contributed by atoms with Crippen molar-refractivity contribution in [3.05, 3.63) is 65.2 Å². The highest BCUT2D eigenvalue weighted by Crippen LogP contribution is 2.30. The van der Waals surface area contributed by atoms with Gasteiger partial charge in [-0.1, -0.05) is 37.3 Å². The van der Waals surface area contributed by atoms with Gasteiger partial charge in [-0.2, -0.15) is 13.2 Å². The number of rotatable bonds is 6. The van der Waals surface area contributed by atoms with Crippen molar-refractivity contribution in [3.63, 3.8) is 0 Å². The molecule has 2 N–H and O–H groups in total. The van der Waals surface area contributed by atoms with Crippen LogP contribution in [0.5, 0.6) is 0 Å². The number of amides is 3. The van der Waals surface area contributed by atoms with Crippen molar-refractivity contribution in [3.8, 4) is 0 Å². The summed E-state index contributed by atoms with van der Waals surface area (Å²) in [7, 11) is 0. The molecule has 1 unspecified atom stereocenters. The number of nitrogens with zero attached hydrogens (tertiary/aromatic N) is 2. The number of urea groups is 1. The lowest BCUT2D eigenvalue weighted by Crippen LogP contribution is -2.53. The Bertz CT molecular complexity index is 972. The zero-order valence-corrected chi connectivity index (χ0v) is 18.8. The highest BCUT2D eigenvalue weighted by atomic mass is 19.4. The molecule has 2 aromatic rings. The third-order valence-electron chi connectivity index (χ3n) is 5.75. The predicted octanol–water partition coefficient (Wildman–Crippen LogP) is 4.29. The molecule has 1 atom stereocenters. The van der Waals surface area contributed by atoms with Gasteiger partial charge in [0.25, 0.3) is 0 Å². The second-order valence-electron chi connectivity index (χ2n) is 8.12. The molecule has 0 bridgehead atoms. The standard InChI is InChI=1S/C24H29F3N4O2/c1-3-18-7-4-5-10-21(18)29-22(32)16-30-11-13-31(14-12-30)23(33)28-17(2)19-8-6-9-20(15-19)24(25,26)27/h4-10,15,17H,3,11-14,16H2,1-2H3,(H,28,33)(H,29,32). The number of para-hydroxylation sites is 1. The van der Waals surface area contributed by atoms with Crippen LogP contribution in [0.25, 0.3) is 0 Å². The van der Waals surface area contributed by atoms with Crippen LogP contribution in [0.3, 0.4) is 0 Å². The molecule has 0 aliphatic carbocycles. The van der Waals surface area contributed by atoms with E-state index >= 15 is 0 Å². The largest absolute Gasteiger partial charge is 0.416 e. The van der Waals surface area contributed by atoms with Gasteiger partial charge in [0.1, 0.15) is 0 Å². The average molecular weight is 463 g/mol. The Morgan fingerprint density at radius 2 is 1.73 bits per heavy atom. The molecule has 1 saturated heterocycles. The lowest BCUT2D eigenvalue weighted by molar-refractivity contribution is -0.137. The number of piperazine rings is 1. The summed E-state index contributed by atoms with van der Waals surface area (Å²) in [6, 6.07) is 11.7. The molecule has 33 heavy (non-hydrogen) atoms. The Labute approximate surface area is 191 Å². The van der Waals surface area contributed by atoms with Crippen molar-refractivity contribution < 1.29 is 22.8 Å². The fourth-order valence-electron chi connectivity index (χ4n) is 3.80. The third kappa shape index (κ3) is 6.71. The topological polar surface area (TPSA) is 64.7 Å². The molecule has 1 aliphatic heterocycles. The number of nitrogens with one attached hydrogen (secondary N) is 2. The van der Waals surface area contributed by atoms with Gasteiger partial charge < -0.3 is 15.5 Å². The number of hydrogen-bond acceptors (Lipinski definition) is 3. The fraction of sp³-hybridized carbons (Fsp3) is 0.417. The summed E-state index contributed by atoms with van der Waals surface area (Å²) >= 11 is 0. The van der Waals surface area contributed by atoms with E-state index in [4.69, 9.17) is 0 Å². The summed E-state index contributed by atoms with van der Waals surface area (Å²) in [6.45, 7) is 5.85. The van der Waals surface area contributed by atoms with Crippen LogP contribution in [0.2, 0.25) is 0 Å². The lowest BCUT2D eigenvalue weighted by atomic mass is 10.1. The Balaban J connectivity index is 1.47. The van der Waals surface area contributed by atoms with Crippen LogP contribution in [0.15, 0.2) is 48.5 Å². The number of hydrogen-bond donors (Lipinski definition) is 2. The van der Waals surface area contributed by atoms with Crippen LogP contribution in [-0.4, -0.2) is 54.5 Å². The second kappa shape index (κ2) is 10.7. The molecule has 2 aromatic carbocycles. The molecule has 0 spiro atoms. The Hall–Kier alpha value is -3.07. The first-order valence-electron chi connectivity index (χ1n) is 11.0. The second-order valence-corrected chi connectivity index (χ2v) is 8.12. The van der Waals surface area contributed by atoms with Gasteiger partial charge >= 0.3 is 12.2 Å². The molecule has 3 rings (SSSR count). The monoisotopic (exact) mass is 462 g/mol. The highest BCUT2D eigenvalue weighted by Gasteiger charge is 2.31. The predicted molar refractivity (Wildman–Crippen MR) is 121 cm³/mol. The molecule has 3 amide bonds. The van der Waals surface area contributed by atoms with E-state index in [-0.39, 0.29) is 18.5 Å². The van der Waals surface area contributed by atoms with Crippen molar-refractivity contribution >= 4 is 17.6 Å². The number of carbonyl (C=O) groups excluding carboxylic acids is 2. The van der Waals surface area contributed by atoms with Crippen LogP contribution in [0, 0.1) is 0 Å². The SMILES string of the molecule is CCc1ccccc1NC(=O)CN1CCN(C(=O)NC(C)c2cccc(C(F)(F)F)c2)CC1. The van der Waals surface area contributed by atoms with E-state index in [0.717, 1.165) is 29.8 Å². The van der Waals surface area contributed by atoms with E-state index in [2.05, 4.69) is 10.6 Å². The minimum absolute atomic E-state index is 0.105. The number of carbonyl (C=O) groups is 2. The first-order chi connectivity index (χ1) is 15.7. The molecule has 0 saturated carbocycles. The van der Waals surface area contributed by atoms with Crippen molar-refractivity contribution in [2.24, 2.45) is 0 Å². The quantitative estimate of drug-likeness (QED) is 0.673. The minimum Gasteiger partial charge on any atom is -0.331 e. The summed E-state index contributed by atoms with van der Waals surface area (Å²) in [4.78, 5) is 28.6. The molecule has 0 aromatic heterocycles. The number of aryl methyl sites for hydroxylation is 1. The van der Waals surface area contributed by atoms with E-state index in [1.165, 1.54) is 6.07 Å². The summed E-state index contributed by atoms with van der Waals surface area (Å²) in [5, 5.41) is 5.72. The first kappa shape index (κ1) is 24.6. The average Bonchev–Trinajstić information content (AvgIpc) is 2.79. The number of anilines is 1. The molecular weight excluding hydrogens is 433 g/mol. The van der Waals surface area contributed by atoms with Crippen LogP contribution >= 0.6 is 0 Å². The summed E-state index contributed by atoms with van der Waals surface area (Å²) in [5.41, 5.74) is 1.53. The Morgan fingerprint density at radius 3 is 2.39 bits per heavy atom. The maximum Gasteiger partial charge on any atom is 0.416 e. The third-order valence-corrected chi connectivity index (χ3v) is 5.75. The van der Waals surface area contributed by atoms with Crippen molar-refractivity contribution in [1.82, 2.24) is 15.1 Å². The minimum atomic E-state index is -4.43. The van der Waals surface area contributed by atoms with Crippen LogP contribution < -0.4 is 10.6 Å². The van der Waals surface area contributed by atoms with Gasteiger partial charge in [0, 0.05) is 31.9 Å². The summed E-state index contributed by atoms with van der Waals surface area (Å²) in [5.74, 6) is -0.105. The van der Waals surface area contributed by atoms with Crippen molar-refractivity contribution in [2.75, 3.05) is 38.0 Å². The Kier molecular flexibility index (Phi) is 7.97. The lowest BCUT2D eigenvalue weighted by Gasteiger charge is -2.35. The van der Waals surface area contributed by atoms with Gasteiger partial charge in [-0.25, -0.2) is 4.79 Å². The van der Waals surface area contributed by atoms with E-state index < -0.39 is 17.8 Å². The maximum absolute atomic E-state index is 12.9. The van der Waals surface area contributed by atoms with Crippen LogP contribution in [0.1, 0.15) is 36.6 Å². The van der Waals surface area contributed by atoms with Crippen molar-refractivity contribution in [2.45, 2.75) is 32.5 Å². The molecule has 1 aliphatic rings. The Morgan fingerprint density at radius 1 is 1.03 bits per heavy atom. The molecular formula is C24H29F3N4O2. The smallest absolute Gasteiger partial charge is 0.331 e. The number of halogens is 3. The molecule has 0 radical (unpaired) electrons. The highest BCUT2D eigenvalue weighted by molar-refractivity contribution is 5.93. The summed E-state index contributed by atoms with van der Waals surface area (Å²) in [6.07, 6.45) is -3.61. The fourth-order valence-corrected chi connectivity index (χ4v) is 3.80. The summed E-state index contributed by atoms with van der Waals surface area (Å²) < 4.78 is 38.8. The van der Waals surface area contributed by atoms with E-state index in [9.17, 15) is 22.8 Å². The zero-order valence-electron chi connectivity index (χ0n) is 18.8. The molecule has 1 fully saturated rings. The van der Waals surface area contributed by atoms with E-state index in [0.29, 0.717) is 31.7 Å². The van der Waals surface area contributed by atoms with Gasteiger partial charge in [-0.05, 0) is 42.7 Å². The molecule has 1 heterocycles. The van der Waals surface area contributed by atoms with Crippen LogP contribution in [-0.2, 0) is 17.4 Å². The molecule has 9 heteroatoms. The van der Waals surface area contributed by atoms with Crippen LogP contribution in [0.4, 0.5) is 23.7 Å². The van der Waals surface area contributed by atoms with Gasteiger partial charge in [-0.3, -0.25) is 9.69 Å². The van der Waals surface area contributed by atoms with Gasteiger partial charge in [0.2, 0.25) is 5.91 Å². The van der Waals surface area contributed by atoms with Crippen molar-refractivity contribution in [1.29, 1.82) is 0 Å². The first-order valence-corrected chi connectivity index (χ1v) is 11.0. The van der Waals surface area contributed by atoms with E-state index in [1.54, 1.807) is 17.9 Å². The zero-order chi connectivity index (χ0) is 24.0. The van der Waals surface area contributed by atoms with E-state index in [1.807, 2.05) is 36.1 Å².